The van der Waals surface area contributed by atoms with E-state index in [1.54, 1.807) is 0 Å². The molecule has 3 fully saturated rings. The van der Waals surface area contributed by atoms with Crippen LogP contribution in [0.5, 0.6) is 0 Å². The Morgan fingerprint density at radius 2 is 2.19 bits per heavy atom. The minimum atomic E-state index is -0.150. The van der Waals surface area contributed by atoms with Gasteiger partial charge in [0.2, 0.25) is 5.91 Å². The van der Waals surface area contributed by atoms with Gasteiger partial charge < -0.3 is 4.90 Å². The number of hydrogen-bond acceptors (Lipinski definition) is 3. The largest absolute Gasteiger partial charge is 0.327 e. The predicted molar refractivity (Wildman–Crippen MR) is 66.4 cm³/mol. The van der Waals surface area contributed by atoms with Gasteiger partial charge in [0.15, 0.2) is 0 Å². The summed E-state index contributed by atoms with van der Waals surface area (Å²) in [5.74, 6) is 1.67. The molecule has 1 spiro atoms. The molecule has 0 radical (unpaired) electrons. The van der Waals surface area contributed by atoms with Crippen molar-refractivity contribution in [1.29, 1.82) is 0 Å². The molecule has 1 aliphatic carbocycles. The van der Waals surface area contributed by atoms with Crippen LogP contribution in [0.4, 0.5) is 0 Å². The fraction of sp³-hybridized carbons (Fsp3) is 0.917. The van der Waals surface area contributed by atoms with Crippen LogP contribution in [0.1, 0.15) is 38.5 Å². The lowest BCUT2D eigenvalue weighted by atomic mass is 9.98. The monoisotopic (exact) mass is 240 g/mol. The van der Waals surface area contributed by atoms with Gasteiger partial charge in [-0.15, -0.1) is 0 Å². The van der Waals surface area contributed by atoms with Crippen LogP contribution in [0.3, 0.4) is 0 Å². The van der Waals surface area contributed by atoms with Crippen LogP contribution < -0.4 is 5.32 Å². The number of hydrogen-bond donors (Lipinski definition) is 1. The Hall–Kier alpha value is -0.220. The normalized spacial score (nSPS) is 33.1. The van der Waals surface area contributed by atoms with Crippen molar-refractivity contribution in [2.45, 2.75) is 49.3 Å². The van der Waals surface area contributed by atoms with Crippen LogP contribution in [0.25, 0.3) is 0 Å². The third kappa shape index (κ3) is 1.76. The summed E-state index contributed by atoms with van der Waals surface area (Å²) < 4.78 is 0. The Balaban J connectivity index is 1.63. The molecule has 1 saturated carbocycles. The van der Waals surface area contributed by atoms with E-state index in [-0.39, 0.29) is 5.54 Å². The molecule has 3 rings (SSSR count). The Morgan fingerprint density at radius 3 is 2.88 bits per heavy atom. The van der Waals surface area contributed by atoms with Crippen LogP contribution in [0.15, 0.2) is 0 Å². The second-order valence-electron chi connectivity index (χ2n) is 5.29. The Bertz CT molecular complexity index is 283. The Morgan fingerprint density at radius 1 is 1.38 bits per heavy atom. The summed E-state index contributed by atoms with van der Waals surface area (Å²) in [6.07, 6.45) is 7.16. The highest BCUT2D eigenvalue weighted by atomic mass is 32.2. The highest BCUT2D eigenvalue weighted by Gasteiger charge is 2.48. The summed E-state index contributed by atoms with van der Waals surface area (Å²) in [4.78, 5) is 14.4. The van der Waals surface area contributed by atoms with E-state index >= 15 is 0 Å². The summed E-state index contributed by atoms with van der Waals surface area (Å²) in [7, 11) is 0. The SMILES string of the molecule is O=C1N(CC2CCCS2)CNC12CCCC2. The van der Waals surface area contributed by atoms with Gasteiger partial charge in [-0.3, -0.25) is 10.1 Å². The number of carbonyl (C=O) groups is 1. The number of carbonyl (C=O) groups excluding carboxylic acids is 1. The molecule has 1 N–H and O–H groups in total. The zero-order valence-corrected chi connectivity index (χ0v) is 10.5. The summed E-state index contributed by atoms with van der Waals surface area (Å²) >= 11 is 2.04. The van der Waals surface area contributed by atoms with E-state index in [9.17, 15) is 4.79 Å². The van der Waals surface area contributed by atoms with Crippen LogP contribution in [0, 0.1) is 0 Å². The van der Waals surface area contributed by atoms with Gasteiger partial charge in [-0.25, -0.2) is 0 Å². The van der Waals surface area contributed by atoms with Crippen molar-refractivity contribution in [2.75, 3.05) is 19.0 Å². The summed E-state index contributed by atoms with van der Waals surface area (Å²) in [6.45, 7) is 1.76. The van der Waals surface area contributed by atoms with Gasteiger partial charge in [0.1, 0.15) is 0 Å². The third-order valence-corrected chi connectivity index (χ3v) is 5.59. The molecule has 16 heavy (non-hydrogen) atoms. The van der Waals surface area contributed by atoms with Crippen molar-refractivity contribution in [3.05, 3.63) is 0 Å². The lowest BCUT2D eigenvalue weighted by Gasteiger charge is -2.23. The minimum absolute atomic E-state index is 0.150. The van der Waals surface area contributed by atoms with E-state index in [2.05, 4.69) is 10.2 Å². The molecule has 1 unspecified atom stereocenters. The highest BCUT2D eigenvalue weighted by Crippen LogP contribution is 2.35. The standard InChI is InChI=1S/C12H20N2OS/c15-11-12(5-1-2-6-12)13-9-14(11)8-10-4-3-7-16-10/h10,13H,1-9H2. The van der Waals surface area contributed by atoms with Gasteiger partial charge in [0, 0.05) is 11.8 Å². The fourth-order valence-electron chi connectivity index (χ4n) is 3.25. The van der Waals surface area contributed by atoms with Crippen LogP contribution >= 0.6 is 11.8 Å². The molecule has 0 aromatic carbocycles. The molecule has 0 bridgehead atoms. The first-order chi connectivity index (χ1) is 7.80. The van der Waals surface area contributed by atoms with E-state index < -0.39 is 0 Å². The molecule has 4 heteroatoms. The topological polar surface area (TPSA) is 32.3 Å². The Kier molecular flexibility index (Phi) is 2.88. The predicted octanol–water partition coefficient (Wildman–Crippen LogP) is 1.58. The molecule has 1 atom stereocenters. The van der Waals surface area contributed by atoms with E-state index in [1.165, 1.54) is 31.4 Å². The molecule has 90 valence electrons. The average molecular weight is 240 g/mol. The lowest BCUT2D eigenvalue weighted by molar-refractivity contribution is -0.132. The lowest BCUT2D eigenvalue weighted by Crippen LogP contribution is -2.44. The van der Waals surface area contributed by atoms with Gasteiger partial charge in [0.05, 0.1) is 12.2 Å². The maximum atomic E-state index is 12.4. The van der Waals surface area contributed by atoms with Crippen LogP contribution in [-0.2, 0) is 4.79 Å². The van der Waals surface area contributed by atoms with Crippen molar-refractivity contribution < 1.29 is 4.79 Å². The van der Waals surface area contributed by atoms with Gasteiger partial charge in [0.25, 0.3) is 0 Å². The highest BCUT2D eigenvalue weighted by molar-refractivity contribution is 8.00. The molecular weight excluding hydrogens is 220 g/mol. The molecule has 0 aromatic heterocycles. The molecule has 2 heterocycles. The Labute approximate surface area is 101 Å². The van der Waals surface area contributed by atoms with E-state index in [0.29, 0.717) is 11.2 Å². The molecule has 1 amide bonds. The number of amides is 1. The first-order valence-electron chi connectivity index (χ1n) is 6.46. The fourth-order valence-corrected chi connectivity index (χ4v) is 4.53. The number of thioether (sulfide) groups is 1. The smallest absolute Gasteiger partial charge is 0.243 e. The maximum Gasteiger partial charge on any atom is 0.243 e. The van der Waals surface area contributed by atoms with Crippen molar-refractivity contribution in [3.8, 4) is 0 Å². The van der Waals surface area contributed by atoms with Crippen molar-refractivity contribution >= 4 is 17.7 Å². The second-order valence-corrected chi connectivity index (χ2v) is 6.69. The first kappa shape index (κ1) is 10.9. The van der Waals surface area contributed by atoms with E-state index in [0.717, 1.165) is 26.1 Å². The molecule has 2 aliphatic heterocycles. The quantitative estimate of drug-likeness (QED) is 0.795. The zero-order valence-electron chi connectivity index (χ0n) is 9.71. The van der Waals surface area contributed by atoms with E-state index in [1.807, 2.05) is 11.8 Å². The number of nitrogens with zero attached hydrogens (tertiary/aromatic N) is 1. The summed E-state index contributed by atoms with van der Waals surface area (Å²) in [5.41, 5.74) is -0.150. The summed E-state index contributed by atoms with van der Waals surface area (Å²) in [6, 6.07) is 0. The van der Waals surface area contributed by atoms with Crippen molar-refractivity contribution in [2.24, 2.45) is 0 Å². The molecular formula is C12H20N2OS. The second kappa shape index (κ2) is 4.22. The zero-order chi connectivity index (χ0) is 11.0. The maximum absolute atomic E-state index is 12.4. The third-order valence-electron chi connectivity index (χ3n) is 4.21. The van der Waals surface area contributed by atoms with Gasteiger partial charge in [-0.1, -0.05) is 12.8 Å². The van der Waals surface area contributed by atoms with Gasteiger partial charge in [-0.2, -0.15) is 11.8 Å². The molecule has 0 aromatic rings. The number of rotatable bonds is 2. The molecule has 3 aliphatic rings. The van der Waals surface area contributed by atoms with E-state index in [4.69, 9.17) is 0 Å². The first-order valence-corrected chi connectivity index (χ1v) is 7.51. The van der Waals surface area contributed by atoms with Crippen LogP contribution in [-0.4, -0.2) is 40.6 Å². The van der Waals surface area contributed by atoms with Gasteiger partial charge >= 0.3 is 0 Å². The van der Waals surface area contributed by atoms with Crippen LogP contribution in [0.2, 0.25) is 0 Å². The average Bonchev–Trinajstić information content (AvgIpc) is 2.99. The van der Waals surface area contributed by atoms with Gasteiger partial charge in [-0.05, 0) is 31.4 Å². The number of nitrogens with one attached hydrogen (secondary N) is 1. The molecule has 2 saturated heterocycles. The molecule has 3 nitrogen and oxygen atoms in total. The van der Waals surface area contributed by atoms with Crippen molar-refractivity contribution in [1.82, 2.24) is 10.2 Å². The van der Waals surface area contributed by atoms with Crippen molar-refractivity contribution in [3.63, 3.8) is 0 Å². The summed E-state index contributed by atoms with van der Waals surface area (Å²) in [5, 5.41) is 4.17. The minimum Gasteiger partial charge on any atom is -0.327 e.